The van der Waals surface area contributed by atoms with E-state index in [1.807, 2.05) is 4.90 Å². The summed E-state index contributed by atoms with van der Waals surface area (Å²) in [7, 11) is 0. The Balaban J connectivity index is 2.32. The Morgan fingerprint density at radius 2 is 1.83 bits per heavy atom. The van der Waals surface area contributed by atoms with Crippen LogP contribution in [0.3, 0.4) is 0 Å². The second-order valence-electron chi connectivity index (χ2n) is 3.18. The maximum Gasteiger partial charge on any atom is 0.237 e. The highest BCUT2D eigenvalue weighted by Crippen LogP contribution is 2.09. The Morgan fingerprint density at radius 3 is 2.33 bits per heavy atom. The van der Waals surface area contributed by atoms with Crippen molar-refractivity contribution in [2.45, 2.75) is 25.7 Å². The van der Waals surface area contributed by atoms with Crippen molar-refractivity contribution in [3.8, 4) is 0 Å². The van der Waals surface area contributed by atoms with Crippen LogP contribution >= 0.6 is 0 Å². The summed E-state index contributed by atoms with van der Waals surface area (Å²) >= 11 is 0. The number of hydrogen-bond donors (Lipinski definition) is 2. The van der Waals surface area contributed by atoms with E-state index in [9.17, 15) is 4.79 Å². The number of nitrogens with two attached hydrogens (primary N) is 1. The van der Waals surface area contributed by atoms with Crippen LogP contribution in [-0.2, 0) is 4.79 Å². The fourth-order valence-corrected chi connectivity index (χ4v) is 1.52. The van der Waals surface area contributed by atoms with Crippen LogP contribution < -0.4 is 11.3 Å². The van der Waals surface area contributed by atoms with E-state index >= 15 is 0 Å². The standard InChI is InChI=1S/C8H17N3O/c9-10-7-8(12)11-5-3-1-2-4-6-11/h10H,1-7,9H2. The van der Waals surface area contributed by atoms with Crippen LogP contribution in [0, 0.1) is 0 Å². The summed E-state index contributed by atoms with van der Waals surface area (Å²) in [5.41, 5.74) is 2.39. The van der Waals surface area contributed by atoms with Gasteiger partial charge in [-0.25, -0.2) is 0 Å². The van der Waals surface area contributed by atoms with Gasteiger partial charge in [0.1, 0.15) is 0 Å². The second kappa shape index (κ2) is 5.11. The third-order valence-electron chi connectivity index (χ3n) is 2.21. The molecule has 1 aliphatic rings. The summed E-state index contributed by atoms with van der Waals surface area (Å²) in [5, 5.41) is 0. The molecule has 4 heteroatoms. The SMILES string of the molecule is NNCC(=O)N1CCCCCC1. The van der Waals surface area contributed by atoms with Gasteiger partial charge >= 0.3 is 0 Å². The van der Waals surface area contributed by atoms with Crippen LogP contribution in [0.5, 0.6) is 0 Å². The Bertz CT molecular complexity index is 141. The minimum atomic E-state index is 0.124. The Kier molecular flexibility index (Phi) is 4.04. The predicted molar refractivity (Wildman–Crippen MR) is 47.2 cm³/mol. The van der Waals surface area contributed by atoms with Crippen molar-refractivity contribution in [3.63, 3.8) is 0 Å². The molecule has 0 bridgehead atoms. The molecular weight excluding hydrogens is 154 g/mol. The molecule has 1 aliphatic heterocycles. The molecule has 1 rings (SSSR count). The van der Waals surface area contributed by atoms with E-state index < -0.39 is 0 Å². The number of carbonyl (C=O) groups excluding carboxylic acids is 1. The lowest BCUT2D eigenvalue weighted by atomic mass is 10.2. The summed E-state index contributed by atoms with van der Waals surface area (Å²) in [6.07, 6.45) is 4.77. The smallest absolute Gasteiger partial charge is 0.237 e. The van der Waals surface area contributed by atoms with E-state index in [0.29, 0.717) is 0 Å². The maximum atomic E-state index is 11.3. The number of likely N-dealkylation sites (tertiary alicyclic amines) is 1. The summed E-state index contributed by atoms with van der Waals surface area (Å²) in [5.74, 6) is 5.20. The molecular formula is C8H17N3O. The summed E-state index contributed by atoms with van der Waals surface area (Å²) in [4.78, 5) is 13.2. The molecule has 0 aromatic carbocycles. The van der Waals surface area contributed by atoms with Crippen LogP contribution in [0.15, 0.2) is 0 Å². The van der Waals surface area contributed by atoms with Gasteiger partial charge < -0.3 is 4.90 Å². The minimum absolute atomic E-state index is 0.124. The van der Waals surface area contributed by atoms with E-state index in [4.69, 9.17) is 5.84 Å². The van der Waals surface area contributed by atoms with Crippen molar-refractivity contribution in [2.24, 2.45) is 5.84 Å². The van der Waals surface area contributed by atoms with E-state index in [-0.39, 0.29) is 12.5 Å². The Morgan fingerprint density at radius 1 is 1.25 bits per heavy atom. The number of nitrogens with one attached hydrogen (secondary N) is 1. The average Bonchev–Trinajstić information content (AvgIpc) is 2.32. The average molecular weight is 171 g/mol. The fraction of sp³-hybridized carbons (Fsp3) is 0.875. The normalized spacial score (nSPS) is 18.9. The number of nitrogens with zero attached hydrogens (tertiary/aromatic N) is 1. The predicted octanol–water partition coefficient (Wildman–Crippen LogP) is -0.148. The molecule has 0 aromatic rings. The third kappa shape index (κ3) is 2.79. The van der Waals surface area contributed by atoms with Crippen LogP contribution in [-0.4, -0.2) is 30.4 Å². The first-order chi connectivity index (χ1) is 5.84. The van der Waals surface area contributed by atoms with Crippen molar-refractivity contribution in [3.05, 3.63) is 0 Å². The van der Waals surface area contributed by atoms with E-state index in [1.165, 1.54) is 12.8 Å². The van der Waals surface area contributed by atoms with Crippen LogP contribution in [0.2, 0.25) is 0 Å². The van der Waals surface area contributed by atoms with Crippen molar-refractivity contribution < 1.29 is 4.79 Å². The molecule has 1 saturated heterocycles. The zero-order valence-electron chi connectivity index (χ0n) is 7.38. The summed E-state index contributed by atoms with van der Waals surface area (Å²) in [6.45, 7) is 2.07. The zero-order valence-corrected chi connectivity index (χ0v) is 7.38. The lowest BCUT2D eigenvalue weighted by Crippen LogP contribution is -2.40. The zero-order chi connectivity index (χ0) is 8.81. The number of rotatable bonds is 2. The number of hydrazine groups is 1. The molecule has 3 N–H and O–H groups in total. The largest absolute Gasteiger partial charge is 0.342 e. The molecule has 1 amide bonds. The highest BCUT2D eigenvalue weighted by Gasteiger charge is 2.13. The van der Waals surface area contributed by atoms with Gasteiger partial charge in [-0.3, -0.25) is 16.1 Å². The number of carbonyl (C=O) groups is 1. The molecule has 0 radical (unpaired) electrons. The minimum Gasteiger partial charge on any atom is -0.342 e. The third-order valence-corrected chi connectivity index (χ3v) is 2.21. The molecule has 4 nitrogen and oxygen atoms in total. The molecule has 1 heterocycles. The highest BCUT2D eigenvalue weighted by atomic mass is 16.2. The van der Waals surface area contributed by atoms with Crippen molar-refractivity contribution in [1.29, 1.82) is 0 Å². The topological polar surface area (TPSA) is 58.4 Å². The van der Waals surface area contributed by atoms with Gasteiger partial charge in [-0.05, 0) is 12.8 Å². The van der Waals surface area contributed by atoms with Gasteiger partial charge in [0.2, 0.25) is 5.91 Å². The van der Waals surface area contributed by atoms with Crippen molar-refractivity contribution in [1.82, 2.24) is 10.3 Å². The molecule has 0 unspecified atom stereocenters. The molecule has 0 atom stereocenters. The summed E-state index contributed by atoms with van der Waals surface area (Å²) in [6, 6.07) is 0. The molecule has 12 heavy (non-hydrogen) atoms. The molecule has 0 saturated carbocycles. The lowest BCUT2D eigenvalue weighted by molar-refractivity contribution is -0.130. The fourth-order valence-electron chi connectivity index (χ4n) is 1.52. The molecule has 0 aromatic heterocycles. The molecule has 0 aliphatic carbocycles. The first kappa shape index (κ1) is 9.48. The molecule has 1 fully saturated rings. The van der Waals surface area contributed by atoms with Gasteiger partial charge in [-0.15, -0.1) is 0 Å². The highest BCUT2D eigenvalue weighted by molar-refractivity contribution is 5.78. The maximum absolute atomic E-state index is 11.3. The number of hydrogen-bond acceptors (Lipinski definition) is 3. The number of amides is 1. The van der Waals surface area contributed by atoms with Gasteiger partial charge in [-0.2, -0.15) is 0 Å². The summed E-state index contributed by atoms with van der Waals surface area (Å²) < 4.78 is 0. The van der Waals surface area contributed by atoms with Crippen LogP contribution in [0.25, 0.3) is 0 Å². The lowest BCUT2D eigenvalue weighted by Gasteiger charge is -2.19. The monoisotopic (exact) mass is 171 g/mol. The van der Waals surface area contributed by atoms with E-state index in [1.54, 1.807) is 0 Å². The first-order valence-electron chi connectivity index (χ1n) is 4.56. The van der Waals surface area contributed by atoms with Crippen LogP contribution in [0.4, 0.5) is 0 Å². The molecule has 70 valence electrons. The molecule has 0 spiro atoms. The first-order valence-corrected chi connectivity index (χ1v) is 4.56. The van der Waals surface area contributed by atoms with Gasteiger partial charge in [0.05, 0.1) is 6.54 Å². The quantitative estimate of drug-likeness (QED) is 0.449. The Labute approximate surface area is 73.1 Å². The van der Waals surface area contributed by atoms with E-state index in [2.05, 4.69) is 5.43 Å². The van der Waals surface area contributed by atoms with Gasteiger partial charge in [-0.1, -0.05) is 12.8 Å². The van der Waals surface area contributed by atoms with Gasteiger partial charge in [0, 0.05) is 13.1 Å². The van der Waals surface area contributed by atoms with Crippen molar-refractivity contribution in [2.75, 3.05) is 19.6 Å². The van der Waals surface area contributed by atoms with Crippen molar-refractivity contribution >= 4 is 5.91 Å². The second-order valence-corrected chi connectivity index (χ2v) is 3.18. The van der Waals surface area contributed by atoms with E-state index in [0.717, 1.165) is 25.9 Å². The van der Waals surface area contributed by atoms with Gasteiger partial charge in [0.15, 0.2) is 0 Å². The van der Waals surface area contributed by atoms with Crippen LogP contribution in [0.1, 0.15) is 25.7 Å². The Hall–Kier alpha value is -0.610. The van der Waals surface area contributed by atoms with Gasteiger partial charge in [0.25, 0.3) is 0 Å².